The summed E-state index contributed by atoms with van der Waals surface area (Å²) in [5, 5.41) is 18.7. The van der Waals surface area contributed by atoms with Gasteiger partial charge in [0.05, 0.1) is 18.1 Å². The lowest BCUT2D eigenvalue weighted by atomic mass is 9.79. The number of carbonyl (C=O) groups excluding carboxylic acids is 1. The molecule has 0 bridgehead atoms. The fourth-order valence-electron chi connectivity index (χ4n) is 1.34. The van der Waals surface area contributed by atoms with Gasteiger partial charge < -0.3 is 10.2 Å². The van der Waals surface area contributed by atoms with E-state index in [4.69, 9.17) is 0 Å². The molecular formula is C10H20O3. The first-order chi connectivity index (χ1) is 5.68. The highest BCUT2D eigenvalue weighted by Gasteiger charge is 2.35. The van der Waals surface area contributed by atoms with E-state index in [0.717, 1.165) is 0 Å². The van der Waals surface area contributed by atoms with Gasteiger partial charge in [-0.3, -0.25) is 4.79 Å². The average molecular weight is 188 g/mol. The van der Waals surface area contributed by atoms with Crippen molar-refractivity contribution < 1.29 is 15.0 Å². The molecule has 2 atom stereocenters. The maximum atomic E-state index is 11.7. The van der Waals surface area contributed by atoms with Crippen molar-refractivity contribution in [3.8, 4) is 0 Å². The van der Waals surface area contributed by atoms with Gasteiger partial charge >= 0.3 is 0 Å². The van der Waals surface area contributed by atoms with Gasteiger partial charge in [0.15, 0.2) is 0 Å². The normalized spacial score (nSPS) is 19.3. The number of aliphatic hydroxyl groups excluding tert-OH is 2. The summed E-state index contributed by atoms with van der Waals surface area (Å²) < 4.78 is 0. The predicted molar refractivity (Wildman–Crippen MR) is 51.3 cm³/mol. The smallest absolute Gasteiger partial charge is 0.146 e. The molecule has 0 radical (unpaired) electrons. The second-order valence-corrected chi connectivity index (χ2v) is 4.62. The van der Waals surface area contributed by atoms with E-state index < -0.39 is 23.5 Å². The van der Waals surface area contributed by atoms with Gasteiger partial charge in [0.1, 0.15) is 5.78 Å². The summed E-state index contributed by atoms with van der Waals surface area (Å²) in [6.45, 7) is 8.41. The topological polar surface area (TPSA) is 57.5 Å². The van der Waals surface area contributed by atoms with Crippen molar-refractivity contribution in [2.24, 2.45) is 11.3 Å². The molecule has 0 aromatic heterocycles. The highest BCUT2D eigenvalue weighted by atomic mass is 16.3. The third-order valence-corrected chi connectivity index (χ3v) is 2.08. The lowest BCUT2D eigenvalue weighted by molar-refractivity contribution is -0.138. The fraction of sp³-hybridized carbons (Fsp3) is 0.900. The number of ketones is 1. The minimum Gasteiger partial charge on any atom is -0.393 e. The number of rotatable bonds is 3. The van der Waals surface area contributed by atoms with Crippen molar-refractivity contribution in [2.45, 2.75) is 46.8 Å². The molecule has 0 amide bonds. The van der Waals surface area contributed by atoms with Crippen LogP contribution in [0.1, 0.15) is 34.6 Å². The molecule has 0 heterocycles. The van der Waals surface area contributed by atoms with Crippen LogP contribution in [-0.4, -0.2) is 28.2 Å². The molecule has 3 heteroatoms. The first-order valence-electron chi connectivity index (χ1n) is 4.58. The van der Waals surface area contributed by atoms with Gasteiger partial charge in [-0.1, -0.05) is 20.8 Å². The van der Waals surface area contributed by atoms with Gasteiger partial charge in [0, 0.05) is 5.41 Å². The van der Waals surface area contributed by atoms with Crippen LogP contribution >= 0.6 is 0 Å². The second-order valence-electron chi connectivity index (χ2n) is 4.62. The molecule has 0 saturated carbocycles. The predicted octanol–water partition coefficient (Wildman–Crippen LogP) is 0.979. The lowest BCUT2D eigenvalue weighted by Crippen LogP contribution is -2.41. The summed E-state index contributed by atoms with van der Waals surface area (Å²) in [5.41, 5.74) is -0.515. The highest BCUT2D eigenvalue weighted by Crippen LogP contribution is 2.24. The zero-order chi connectivity index (χ0) is 10.8. The molecule has 0 spiro atoms. The monoisotopic (exact) mass is 188 g/mol. The van der Waals surface area contributed by atoms with Gasteiger partial charge in [-0.05, 0) is 13.8 Å². The largest absolute Gasteiger partial charge is 0.393 e. The van der Waals surface area contributed by atoms with Crippen LogP contribution in [0.15, 0.2) is 0 Å². The Morgan fingerprint density at radius 2 is 1.38 bits per heavy atom. The number of aliphatic hydroxyl groups is 2. The Kier molecular flexibility index (Phi) is 4.07. The quantitative estimate of drug-likeness (QED) is 0.694. The standard InChI is InChI=1S/C10H20O3/c1-6(11)8(7(2)12)9(13)10(3,4)5/h6-8,11-12H,1-5H3. The van der Waals surface area contributed by atoms with Gasteiger partial charge in [-0.2, -0.15) is 0 Å². The molecule has 0 fully saturated rings. The van der Waals surface area contributed by atoms with E-state index in [1.54, 1.807) is 20.8 Å². The Morgan fingerprint density at radius 3 is 1.46 bits per heavy atom. The van der Waals surface area contributed by atoms with E-state index in [0.29, 0.717) is 0 Å². The zero-order valence-electron chi connectivity index (χ0n) is 9.03. The second kappa shape index (κ2) is 4.20. The van der Waals surface area contributed by atoms with Gasteiger partial charge in [0.2, 0.25) is 0 Å². The van der Waals surface area contributed by atoms with Crippen LogP contribution < -0.4 is 0 Å². The molecule has 3 nitrogen and oxygen atoms in total. The molecule has 0 aromatic rings. The SMILES string of the molecule is CC(O)C(C(=O)C(C)(C)C)C(C)O. The van der Waals surface area contributed by atoms with Crippen molar-refractivity contribution >= 4 is 5.78 Å². The molecule has 2 N–H and O–H groups in total. The third-order valence-electron chi connectivity index (χ3n) is 2.08. The Hall–Kier alpha value is -0.410. The average Bonchev–Trinajstić information content (AvgIpc) is 1.82. The Labute approximate surface area is 79.8 Å². The Balaban J connectivity index is 4.68. The lowest BCUT2D eigenvalue weighted by Gasteiger charge is -2.28. The molecular weight excluding hydrogens is 168 g/mol. The van der Waals surface area contributed by atoms with Crippen LogP contribution in [0, 0.1) is 11.3 Å². The van der Waals surface area contributed by atoms with Crippen molar-refractivity contribution in [1.29, 1.82) is 0 Å². The summed E-state index contributed by atoms with van der Waals surface area (Å²) in [6, 6.07) is 0. The van der Waals surface area contributed by atoms with E-state index in [-0.39, 0.29) is 5.78 Å². The molecule has 78 valence electrons. The van der Waals surface area contributed by atoms with E-state index in [1.165, 1.54) is 13.8 Å². The Morgan fingerprint density at radius 1 is 1.08 bits per heavy atom. The number of hydrogen-bond donors (Lipinski definition) is 2. The van der Waals surface area contributed by atoms with Crippen molar-refractivity contribution in [3.05, 3.63) is 0 Å². The maximum absolute atomic E-state index is 11.7. The molecule has 0 aliphatic heterocycles. The molecule has 13 heavy (non-hydrogen) atoms. The summed E-state index contributed by atoms with van der Waals surface area (Å²) in [5.74, 6) is -0.780. The van der Waals surface area contributed by atoms with Crippen molar-refractivity contribution in [1.82, 2.24) is 0 Å². The van der Waals surface area contributed by atoms with Crippen LogP contribution in [0.5, 0.6) is 0 Å². The summed E-state index contributed by atoms with van der Waals surface area (Å²) >= 11 is 0. The van der Waals surface area contributed by atoms with Crippen LogP contribution in [0.2, 0.25) is 0 Å². The molecule has 0 rings (SSSR count). The fourth-order valence-corrected chi connectivity index (χ4v) is 1.34. The molecule has 0 saturated heterocycles. The van der Waals surface area contributed by atoms with E-state index in [1.807, 2.05) is 0 Å². The first kappa shape index (κ1) is 12.6. The first-order valence-corrected chi connectivity index (χ1v) is 4.58. The van der Waals surface area contributed by atoms with Crippen molar-refractivity contribution in [3.63, 3.8) is 0 Å². The molecule has 0 aliphatic carbocycles. The van der Waals surface area contributed by atoms with Crippen LogP contribution in [0.25, 0.3) is 0 Å². The minimum atomic E-state index is -0.799. The van der Waals surface area contributed by atoms with Gasteiger partial charge in [-0.15, -0.1) is 0 Å². The van der Waals surface area contributed by atoms with E-state index >= 15 is 0 Å². The number of Topliss-reactive ketones (excluding diaryl/α,β-unsaturated/α-hetero) is 1. The summed E-state index contributed by atoms with van der Waals surface area (Å²) in [4.78, 5) is 11.7. The Bertz CT molecular complexity index is 169. The highest BCUT2D eigenvalue weighted by molar-refractivity contribution is 5.86. The maximum Gasteiger partial charge on any atom is 0.146 e. The molecule has 2 unspecified atom stereocenters. The van der Waals surface area contributed by atoms with Crippen LogP contribution in [0.4, 0.5) is 0 Å². The minimum absolute atomic E-state index is 0.0995. The summed E-state index contributed by atoms with van der Waals surface area (Å²) in [7, 11) is 0. The van der Waals surface area contributed by atoms with Crippen LogP contribution in [0.3, 0.4) is 0 Å². The van der Waals surface area contributed by atoms with Gasteiger partial charge in [0.25, 0.3) is 0 Å². The van der Waals surface area contributed by atoms with Crippen molar-refractivity contribution in [2.75, 3.05) is 0 Å². The molecule has 0 aliphatic rings. The van der Waals surface area contributed by atoms with E-state index in [2.05, 4.69) is 0 Å². The number of hydrogen-bond acceptors (Lipinski definition) is 3. The van der Waals surface area contributed by atoms with E-state index in [9.17, 15) is 15.0 Å². The summed E-state index contributed by atoms with van der Waals surface area (Å²) in [6.07, 6.45) is -1.60. The number of carbonyl (C=O) groups is 1. The molecule has 0 aromatic carbocycles. The van der Waals surface area contributed by atoms with Gasteiger partial charge in [-0.25, -0.2) is 0 Å². The third kappa shape index (κ3) is 3.44. The van der Waals surface area contributed by atoms with Crippen LogP contribution in [-0.2, 0) is 4.79 Å². The zero-order valence-corrected chi connectivity index (χ0v) is 9.03.